The third-order valence-electron chi connectivity index (χ3n) is 4.80. The Hall–Kier alpha value is -3.38. The fraction of sp³-hybridized carbons (Fsp3) is 0.0833. The van der Waals surface area contributed by atoms with Crippen LogP contribution in [0.3, 0.4) is 0 Å². The number of nitrogens with zero attached hydrogens (tertiary/aromatic N) is 3. The highest BCUT2D eigenvalue weighted by atomic mass is 79.9. The van der Waals surface area contributed by atoms with E-state index in [4.69, 9.17) is 0 Å². The van der Waals surface area contributed by atoms with Crippen LogP contribution in [0.4, 0.5) is 11.4 Å². The average Bonchev–Trinajstić information content (AvgIpc) is 3.05. The number of amidine groups is 1. The number of halogens is 1. The number of benzene rings is 3. The van der Waals surface area contributed by atoms with Crippen LogP contribution in [0.25, 0.3) is 6.08 Å². The number of amides is 1. The summed E-state index contributed by atoms with van der Waals surface area (Å²) in [5.41, 5.74) is 3.78. The lowest BCUT2D eigenvalue weighted by molar-refractivity contribution is -0.113. The molecule has 0 unspecified atom stereocenters. The summed E-state index contributed by atoms with van der Waals surface area (Å²) in [6.07, 6.45) is 1.79. The van der Waals surface area contributed by atoms with E-state index >= 15 is 0 Å². The second kappa shape index (κ2) is 8.16. The van der Waals surface area contributed by atoms with Gasteiger partial charge in [-0.1, -0.05) is 46.3 Å². The molecule has 5 nitrogen and oxygen atoms in total. The summed E-state index contributed by atoms with van der Waals surface area (Å²) in [6, 6.07) is 22.1. The first-order chi connectivity index (χ1) is 14.4. The standard InChI is InChI=1S/C24H20BrN3O2/c1-27(2)17-9-7-16(8-10-17)15-22-24(30)28(18-11-13-19(29)14-12-18)23(26-22)20-5-3-4-6-21(20)25/h3-15,29H,1-2H3/b22-15+. The second-order valence-electron chi connectivity index (χ2n) is 7.09. The van der Waals surface area contributed by atoms with Crippen molar-refractivity contribution >= 4 is 45.1 Å². The summed E-state index contributed by atoms with van der Waals surface area (Å²) in [5.74, 6) is 0.457. The smallest absolute Gasteiger partial charge is 0.282 e. The molecule has 0 aromatic heterocycles. The molecule has 1 N–H and O–H groups in total. The van der Waals surface area contributed by atoms with Crippen molar-refractivity contribution in [2.24, 2.45) is 4.99 Å². The summed E-state index contributed by atoms with van der Waals surface area (Å²) in [6.45, 7) is 0. The average molecular weight is 462 g/mol. The van der Waals surface area contributed by atoms with Crippen molar-refractivity contribution in [3.8, 4) is 5.75 Å². The van der Waals surface area contributed by atoms with Crippen molar-refractivity contribution in [1.29, 1.82) is 0 Å². The summed E-state index contributed by atoms with van der Waals surface area (Å²) < 4.78 is 0.844. The Kier molecular flexibility index (Phi) is 5.42. The van der Waals surface area contributed by atoms with Gasteiger partial charge in [-0.25, -0.2) is 4.99 Å². The van der Waals surface area contributed by atoms with Crippen LogP contribution in [0.5, 0.6) is 5.75 Å². The third-order valence-corrected chi connectivity index (χ3v) is 5.49. The fourth-order valence-corrected chi connectivity index (χ4v) is 3.67. The largest absolute Gasteiger partial charge is 0.508 e. The number of aromatic hydroxyl groups is 1. The van der Waals surface area contributed by atoms with Gasteiger partial charge in [0.15, 0.2) is 0 Å². The van der Waals surface area contributed by atoms with Gasteiger partial charge in [-0.05, 0) is 54.1 Å². The van der Waals surface area contributed by atoms with Crippen LogP contribution < -0.4 is 9.80 Å². The Morgan fingerprint density at radius 1 is 0.967 bits per heavy atom. The van der Waals surface area contributed by atoms with E-state index in [0.29, 0.717) is 17.2 Å². The van der Waals surface area contributed by atoms with Crippen molar-refractivity contribution < 1.29 is 9.90 Å². The summed E-state index contributed by atoms with van der Waals surface area (Å²) in [5, 5.41) is 9.64. The number of aliphatic imine (C=N–C) groups is 1. The number of phenolic OH excluding ortho intramolecular Hbond substituents is 1. The van der Waals surface area contributed by atoms with E-state index in [1.54, 1.807) is 35.2 Å². The maximum absolute atomic E-state index is 13.3. The zero-order chi connectivity index (χ0) is 21.3. The molecule has 3 aromatic carbocycles. The van der Waals surface area contributed by atoms with E-state index in [0.717, 1.165) is 21.3 Å². The molecule has 0 spiro atoms. The Labute approximate surface area is 183 Å². The first-order valence-corrected chi connectivity index (χ1v) is 10.2. The van der Waals surface area contributed by atoms with Gasteiger partial charge in [-0.15, -0.1) is 0 Å². The van der Waals surface area contributed by atoms with E-state index in [1.807, 2.05) is 67.5 Å². The van der Waals surface area contributed by atoms with Crippen LogP contribution in [0.1, 0.15) is 11.1 Å². The molecular formula is C24H20BrN3O2. The fourth-order valence-electron chi connectivity index (χ4n) is 3.21. The molecule has 1 aliphatic rings. The van der Waals surface area contributed by atoms with Crippen molar-refractivity contribution in [1.82, 2.24) is 0 Å². The Balaban J connectivity index is 1.79. The van der Waals surface area contributed by atoms with Crippen molar-refractivity contribution in [3.05, 3.63) is 94.1 Å². The monoisotopic (exact) mass is 461 g/mol. The minimum Gasteiger partial charge on any atom is -0.508 e. The lowest BCUT2D eigenvalue weighted by Gasteiger charge is -2.19. The van der Waals surface area contributed by atoms with Gasteiger partial charge < -0.3 is 10.0 Å². The first kappa shape index (κ1) is 19.9. The van der Waals surface area contributed by atoms with Crippen LogP contribution in [0, 0.1) is 0 Å². The molecule has 4 rings (SSSR count). The summed E-state index contributed by atoms with van der Waals surface area (Å²) >= 11 is 3.56. The molecule has 1 heterocycles. The molecule has 0 aliphatic carbocycles. The van der Waals surface area contributed by atoms with Gasteiger partial charge in [0.2, 0.25) is 0 Å². The van der Waals surface area contributed by atoms with Crippen LogP contribution in [0.15, 0.2) is 88.0 Å². The highest BCUT2D eigenvalue weighted by molar-refractivity contribution is 9.10. The zero-order valence-corrected chi connectivity index (χ0v) is 18.2. The van der Waals surface area contributed by atoms with Gasteiger partial charge >= 0.3 is 0 Å². The highest BCUT2D eigenvalue weighted by Gasteiger charge is 2.33. The van der Waals surface area contributed by atoms with Gasteiger partial charge in [0.05, 0.1) is 5.69 Å². The molecule has 0 atom stereocenters. The molecule has 0 radical (unpaired) electrons. The molecule has 30 heavy (non-hydrogen) atoms. The van der Waals surface area contributed by atoms with E-state index in [2.05, 4.69) is 20.9 Å². The molecule has 3 aromatic rings. The van der Waals surface area contributed by atoms with Crippen molar-refractivity contribution in [2.45, 2.75) is 0 Å². The Morgan fingerprint density at radius 3 is 2.27 bits per heavy atom. The van der Waals surface area contributed by atoms with Crippen molar-refractivity contribution in [2.75, 3.05) is 23.9 Å². The highest BCUT2D eigenvalue weighted by Crippen LogP contribution is 2.31. The number of hydrogen-bond donors (Lipinski definition) is 1. The molecule has 0 saturated carbocycles. The molecule has 1 aliphatic heterocycles. The lowest BCUT2D eigenvalue weighted by Crippen LogP contribution is -2.32. The normalized spacial score (nSPS) is 14.9. The Morgan fingerprint density at radius 2 is 1.63 bits per heavy atom. The van der Waals surface area contributed by atoms with E-state index in [-0.39, 0.29) is 11.7 Å². The van der Waals surface area contributed by atoms with Gasteiger partial charge in [-0.2, -0.15) is 0 Å². The molecule has 0 bridgehead atoms. The predicted molar refractivity (Wildman–Crippen MR) is 125 cm³/mol. The number of carbonyl (C=O) groups is 1. The molecule has 1 amide bonds. The number of rotatable bonds is 4. The summed E-state index contributed by atoms with van der Waals surface area (Å²) in [4.78, 5) is 21.6. The predicted octanol–water partition coefficient (Wildman–Crippen LogP) is 5.06. The van der Waals surface area contributed by atoms with Crippen LogP contribution in [-0.4, -0.2) is 30.9 Å². The zero-order valence-electron chi connectivity index (χ0n) is 16.6. The third kappa shape index (κ3) is 3.86. The molecule has 6 heteroatoms. The minimum absolute atomic E-state index is 0.140. The maximum Gasteiger partial charge on any atom is 0.282 e. The number of hydrogen-bond acceptors (Lipinski definition) is 4. The van der Waals surface area contributed by atoms with Crippen LogP contribution in [0.2, 0.25) is 0 Å². The van der Waals surface area contributed by atoms with Gasteiger partial charge in [0, 0.05) is 29.8 Å². The maximum atomic E-state index is 13.3. The van der Waals surface area contributed by atoms with Gasteiger partial charge in [0.25, 0.3) is 5.91 Å². The quantitative estimate of drug-likeness (QED) is 0.552. The van der Waals surface area contributed by atoms with Crippen molar-refractivity contribution in [3.63, 3.8) is 0 Å². The Bertz CT molecular complexity index is 1150. The summed E-state index contributed by atoms with van der Waals surface area (Å²) in [7, 11) is 3.97. The van der Waals surface area contributed by atoms with Gasteiger partial charge in [-0.3, -0.25) is 9.69 Å². The van der Waals surface area contributed by atoms with Crippen LogP contribution in [-0.2, 0) is 4.79 Å². The van der Waals surface area contributed by atoms with Crippen LogP contribution >= 0.6 is 15.9 Å². The number of carbonyl (C=O) groups excluding carboxylic acids is 1. The number of phenols is 1. The van der Waals surface area contributed by atoms with E-state index < -0.39 is 0 Å². The van der Waals surface area contributed by atoms with E-state index in [9.17, 15) is 9.90 Å². The molecule has 150 valence electrons. The first-order valence-electron chi connectivity index (χ1n) is 9.40. The molecule has 0 saturated heterocycles. The topological polar surface area (TPSA) is 56.1 Å². The lowest BCUT2D eigenvalue weighted by atomic mass is 10.1. The van der Waals surface area contributed by atoms with Gasteiger partial charge in [0.1, 0.15) is 17.3 Å². The minimum atomic E-state index is -0.219. The molecule has 0 fully saturated rings. The SMILES string of the molecule is CN(C)c1ccc(/C=C2/N=C(c3ccccc3Br)N(c3ccc(O)cc3)C2=O)cc1. The second-order valence-corrected chi connectivity index (χ2v) is 7.94. The molecular weight excluding hydrogens is 442 g/mol. The number of anilines is 2. The van der Waals surface area contributed by atoms with E-state index in [1.165, 1.54) is 0 Å².